The standard InChI is InChI=1S/C11H10ClF3O2/c1-3-17-9-5-7(6(2)16)4-8(10(9)12)11(13,14)15/h4-5H,3H2,1-2H3. The van der Waals surface area contributed by atoms with Crippen molar-refractivity contribution >= 4 is 17.4 Å². The number of ketones is 1. The van der Waals surface area contributed by atoms with Crippen LogP contribution >= 0.6 is 11.6 Å². The van der Waals surface area contributed by atoms with Gasteiger partial charge in [-0.05, 0) is 26.0 Å². The van der Waals surface area contributed by atoms with E-state index in [2.05, 4.69) is 0 Å². The maximum atomic E-state index is 12.7. The zero-order chi connectivity index (χ0) is 13.2. The molecule has 0 aliphatic heterocycles. The molecule has 0 amide bonds. The Morgan fingerprint density at radius 1 is 1.41 bits per heavy atom. The van der Waals surface area contributed by atoms with Crippen molar-refractivity contribution in [3.63, 3.8) is 0 Å². The Morgan fingerprint density at radius 2 is 2.00 bits per heavy atom. The first-order valence-corrected chi connectivity index (χ1v) is 5.19. The fraction of sp³-hybridized carbons (Fsp3) is 0.364. The van der Waals surface area contributed by atoms with Crippen molar-refractivity contribution < 1.29 is 22.7 Å². The normalized spacial score (nSPS) is 11.4. The molecule has 1 aromatic carbocycles. The molecule has 0 unspecified atom stereocenters. The fourth-order valence-corrected chi connectivity index (χ4v) is 1.54. The summed E-state index contributed by atoms with van der Waals surface area (Å²) in [5.74, 6) is -0.609. The lowest BCUT2D eigenvalue weighted by Gasteiger charge is -2.14. The summed E-state index contributed by atoms with van der Waals surface area (Å²) >= 11 is 5.59. The number of carbonyl (C=O) groups is 1. The number of ether oxygens (including phenoxy) is 1. The van der Waals surface area contributed by atoms with Crippen LogP contribution in [0.3, 0.4) is 0 Å². The molecule has 1 aromatic rings. The summed E-state index contributed by atoms with van der Waals surface area (Å²) < 4.78 is 43.0. The molecule has 0 atom stereocenters. The zero-order valence-corrected chi connectivity index (χ0v) is 9.95. The SMILES string of the molecule is CCOc1cc(C(C)=O)cc(C(F)(F)F)c1Cl. The van der Waals surface area contributed by atoms with Gasteiger partial charge in [0.05, 0.1) is 17.2 Å². The highest BCUT2D eigenvalue weighted by Crippen LogP contribution is 2.40. The third-order valence-corrected chi connectivity index (χ3v) is 2.44. The van der Waals surface area contributed by atoms with Crippen molar-refractivity contribution in [1.82, 2.24) is 0 Å². The number of benzene rings is 1. The predicted molar refractivity (Wildman–Crippen MR) is 57.6 cm³/mol. The first-order valence-electron chi connectivity index (χ1n) is 4.81. The molecular formula is C11H10ClF3O2. The van der Waals surface area contributed by atoms with Crippen LogP contribution in [-0.2, 0) is 6.18 Å². The van der Waals surface area contributed by atoms with E-state index >= 15 is 0 Å². The van der Waals surface area contributed by atoms with Crippen molar-refractivity contribution in [1.29, 1.82) is 0 Å². The van der Waals surface area contributed by atoms with Gasteiger partial charge < -0.3 is 4.74 Å². The van der Waals surface area contributed by atoms with Gasteiger partial charge in [-0.2, -0.15) is 13.2 Å². The molecule has 0 saturated carbocycles. The van der Waals surface area contributed by atoms with E-state index in [1.165, 1.54) is 13.0 Å². The average molecular weight is 267 g/mol. The number of hydrogen-bond acceptors (Lipinski definition) is 2. The monoisotopic (exact) mass is 266 g/mol. The minimum absolute atomic E-state index is 0.0785. The molecule has 0 fully saturated rings. The third kappa shape index (κ3) is 3.12. The molecule has 1 rings (SSSR count). The van der Waals surface area contributed by atoms with Crippen LogP contribution in [0.4, 0.5) is 13.2 Å². The molecule has 0 heterocycles. The second-order valence-corrected chi connectivity index (χ2v) is 3.70. The summed E-state index contributed by atoms with van der Waals surface area (Å²) in [7, 11) is 0. The summed E-state index contributed by atoms with van der Waals surface area (Å²) in [6.45, 7) is 2.96. The quantitative estimate of drug-likeness (QED) is 0.774. The molecule has 0 aromatic heterocycles. The van der Waals surface area contributed by atoms with Crippen LogP contribution in [-0.4, -0.2) is 12.4 Å². The minimum atomic E-state index is -4.62. The Balaban J connectivity index is 3.43. The molecular weight excluding hydrogens is 257 g/mol. The topological polar surface area (TPSA) is 26.3 Å². The summed E-state index contributed by atoms with van der Waals surface area (Å²) in [5.41, 5.74) is -1.14. The number of rotatable bonds is 3. The molecule has 17 heavy (non-hydrogen) atoms. The van der Waals surface area contributed by atoms with E-state index in [9.17, 15) is 18.0 Å². The molecule has 2 nitrogen and oxygen atoms in total. The Kier molecular flexibility index (Phi) is 4.03. The Morgan fingerprint density at radius 3 is 2.41 bits per heavy atom. The molecule has 0 bridgehead atoms. The average Bonchev–Trinajstić information content (AvgIpc) is 2.19. The predicted octanol–water partition coefficient (Wildman–Crippen LogP) is 3.96. The van der Waals surface area contributed by atoms with Gasteiger partial charge in [-0.1, -0.05) is 11.6 Å². The Labute approximate surface area is 101 Å². The smallest absolute Gasteiger partial charge is 0.418 e. The highest BCUT2D eigenvalue weighted by atomic mass is 35.5. The summed E-state index contributed by atoms with van der Waals surface area (Å²) in [5, 5.41) is -0.524. The van der Waals surface area contributed by atoms with Crippen LogP contribution in [0.15, 0.2) is 12.1 Å². The van der Waals surface area contributed by atoms with E-state index in [0.29, 0.717) is 0 Å². The largest absolute Gasteiger partial charge is 0.492 e. The molecule has 0 aliphatic rings. The molecule has 94 valence electrons. The van der Waals surface area contributed by atoms with E-state index in [-0.39, 0.29) is 17.9 Å². The maximum Gasteiger partial charge on any atom is 0.418 e. The zero-order valence-electron chi connectivity index (χ0n) is 9.19. The van der Waals surface area contributed by atoms with E-state index in [1.54, 1.807) is 6.92 Å². The minimum Gasteiger partial charge on any atom is -0.492 e. The Bertz CT molecular complexity index is 441. The third-order valence-electron chi connectivity index (χ3n) is 2.05. The van der Waals surface area contributed by atoms with Gasteiger partial charge in [0.25, 0.3) is 0 Å². The summed E-state index contributed by atoms with van der Waals surface area (Å²) in [6, 6.07) is 1.94. The van der Waals surface area contributed by atoms with Crippen LogP contribution in [0.5, 0.6) is 5.75 Å². The second kappa shape index (κ2) is 4.96. The van der Waals surface area contributed by atoms with Gasteiger partial charge >= 0.3 is 6.18 Å². The van der Waals surface area contributed by atoms with Gasteiger partial charge in [0.2, 0.25) is 0 Å². The Hall–Kier alpha value is -1.23. The van der Waals surface area contributed by atoms with Gasteiger partial charge in [-0.15, -0.1) is 0 Å². The van der Waals surface area contributed by atoms with Gasteiger partial charge in [0.15, 0.2) is 5.78 Å². The van der Waals surface area contributed by atoms with Crippen LogP contribution in [0, 0.1) is 0 Å². The van der Waals surface area contributed by atoms with E-state index in [0.717, 1.165) is 6.07 Å². The van der Waals surface area contributed by atoms with Crippen LogP contribution in [0.2, 0.25) is 5.02 Å². The molecule has 0 saturated heterocycles. The van der Waals surface area contributed by atoms with Gasteiger partial charge in [0, 0.05) is 5.56 Å². The van der Waals surface area contributed by atoms with Crippen LogP contribution in [0.25, 0.3) is 0 Å². The fourth-order valence-electron chi connectivity index (χ4n) is 1.27. The molecule has 0 spiro atoms. The maximum absolute atomic E-state index is 12.7. The number of carbonyl (C=O) groups excluding carboxylic acids is 1. The molecule has 0 radical (unpaired) electrons. The molecule has 6 heteroatoms. The lowest BCUT2D eigenvalue weighted by atomic mass is 10.1. The number of alkyl halides is 3. The summed E-state index contributed by atoms with van der Waals surface area (Å²) in [4.78, 5) is 11.1. The second-order valence-electron chi connectivity index (χ2n) is 3.32. The first-order chi connectivity index (χ1) is 7.77. The van der Waals surface area contributed by atoms with E-state index < -0.39 is 22.5 Å². The molecule has 0 aliphatic carbocycles. The highest BCUT2D eigenvalue weighted by Gasteiger charge is 2.35. The number of Topliss-reactive ketones (excluding diaryl/α,β-unsaturated/α-hetero) is 1. The summed E-state index contributed by atoms with van der Waals surface area (Å²) in [6.07, 6.45) is -4.62. The van der Waals surface area contributed by atoms with E-state index in [1.807, 2.05) is 0 Å². The van der Waals surface area contributed by atoms with Crippen molar-refractivity contribution in [3.8, 4) is 5.75 Å². The lowest BCUT2D eigenvalue weighted by Crippen LogP contribution is -2.09. The van der Waals surface area contributed by atoms with Crippen molar-refractivity contribution in [2.75, 3.05) is 6.61 Å². The highest BCUT2D eigenvalue weighted by molar-refractivity contribution is 6.33. The lowest BCUT2D eigenvalue weighted by molar-refractivity contribution is -0.137. The van der Waals surface area contributed by atoms with Crippen molar-refractivity contribution in [2.45, 2.75) is 20.0 Å². The van der Waals surface area contributed by atoms with Gasteiger partial charge in [-0.25, -0.2) is 0 Å². The van der Waals surface area contributed by atoms with Crippen LogP contribution < -0.4 is 4.74 Å². The van der Waals surface area contributed by atoms with Gasteiger partial charge in [0.1, 0.15) is 5.75 Å². The number of halogens is 4. The van der Waals surface area contributed by atoms with Crippen molar-refractivity contribution in [3.05, 3.63) is 28.3 Å². The first kappa shape index (κ1) is 13.8. The number of hydrogen-bond donors (Lipinski definition) is 0. The van der Waals surface area contributed by atoms with Crippen molar-refractivity contribution in [2.24, 2.45) is 0 Å². The van der Waals surface area contributed by atoms with E-state index in [4.69, 9.17) is 16.3 Å². The van der Waals surface area contributed by atoms with Crippen LogP contribution in [0.1, 0.15) is 29.8 Å². The van der Waals surface area contributed by atoms with Gasteiger partial charge in [-0.3, -0.25) is 4.79 Å². The molecule has 0 N–H and O–H groups in total.